The van der Waals surface area contributed by atoms with Gasteiger partial charge >= 0.3 is 0 Å². The molecular formula is C18H15FN2O. The fourth-order valence-corrected chi connectivity index (χ4v) is 3.99. The number of halogens is 1. The maximum absolute atomic E-state index is 13.1. The van der Waals surface area contributed by atoms with E-state index in [4.69, 9.17) is 4.74 Å². The molecule has 0 amide bonds. The molecule has 2 unspecified atom stereocenters. The average molecular weight is 294 g/mol. The summed E-state index contributed by atoms with van der Waals surface area (Å²) in [5, 5.41) is 1.19. The van der Waals surface area contributed by atoms with Gasteiger partial charge in [-0.15, -0.1) is 0 Å². The van der Waals surface area contributed by atoms with Crippen LogP contribution in [-0.2, 0) is 11.8 Å². The summed E-state index contributed by atoms with van der Waals surface area (Å²) in [6.45, 7) is 0. The summed E-state index contributed by atoms with van der Waals surface area (Å²) >= 11 is 0. The first kappa shape index (κ1) is 12.4. The molecule has 2 bridgehead atoms. The minimum atomic E-state index is -0.448. The number of fused-ring (bicyclic) bond motifs is 7. The van der Waals surface area contributed by atoms with Crippen LogP contribution in [0.15, 0.2) is 36.7 Å². The van der Waals surface area contributed by atoms with E-state index in [1.807, 2.05) is 0 Å². The van der Waals surface area contributed by atoms with Gasteiger partial charge in [0.25, 0.3) is 0 Å². The Labute approximate surface area is 127 Å². The Kier molecular flexibility index (Phi) is 2.34. The lowest BCUT2D eigenvalue weighted by atomic mass is 9.87. The predicted octanol–water partition coefficient (Wildman–Crippen LogP) is 4.29. The lowest BCUT2D eigenvalue weighted by Crippen LogP contribution is -2.02. The van der Waals surface area contributed by atoms with Crippen molar-refractivity contribution in [1.82, 2.24) is 9.55 Å². The van der Waals surface area contributed by atoms with Gasteiger partial charge in [-0.05, 0) is 48.2 Å². The highest BCUT2D eigenvalue weighted by Gasteiger charge is 2.40. The normalized spacial score (nSPS) is 22.5. The molecule has 4 heteroatoms. The monoisotopic (exact) mass is 294 g/mol. The minimum absolute atomic E-state index is 0.214. The third kappa shape index (κ3) is 1.50. The maximum Gasteiger partial charge on any atom is 0.212 e. The molecule has 1 saturated heterocycles. The van der Waals surface area contributed by atoms with Gasteiger partial charge < -0.3 is 9.30 Å². The predicted molar refractivity (Wildman–Crippen MR) is 81.9 cm³/mol. The summed E-state index contributed by atoms with van der Waals surface area (Å²) in [7, 11) is 2.07. The molecule has 0 saturated carbocycles. The van der Waals surface area contributed by atoms with Gasteiger partial charge in [0.1, 0.15) is 0 Å². The Hall–Kier alpha value is -2.20. The van der Waals surface area contributed by atoms with Crippen molar-refractivity contribution in [3.05, 3.63) is 53.7 Å². The van der Waals surface area contributed by atoms with Crippen LogP contribution in [0.5, 0.6) is 0 Å². The van der Waals surface area contributed by atoms with Crippen LogP contribution in [0.3, 0.4) is 0 Å². The Morgan fingerprint density at radius 3 is 2.91 bits per heavy atom. The van der Waals surface area contributed by atoms with E-state index in [1.54, 1.807) is 12.3 Å². The van der Waals surface area contributed by atoms with E-state index in [9.17, 15) is 4.39 Å². The molecule has 0 N–H and O–H groups in total. The third-order valence-electron chi connectivity index (χ3n) is 4.96. The number of nitrogens with zero attached hydrogens (tertiary/aromatic N) is 2. The summed E-state index contributed by atoms with van der Waals surface area (Å²) in [5.41, 5.74) is 5.94. The molecule has 3 aromatic rings. The van der Waals surface area contributed by atoms with Crippen LogP contribution in [0.1, 0.15) is 36.2 Å². The fourth-order valence-electron chi connectivity index (χ4n) is 3.99. The van der Waals surface area contributed by atoms with Gasteiger partial charge in [-0.1, -0.05) is 0 Å². The van der Waals surface area contributed by atoms with Crippen LogP contribution in [0.25, 0.3) is 22.0 Å². The Morgan fingerprint density at radius 2 is 2.09 bits per heavy atom. The van der Waals surface area contributed by atoms with E-state index in [0.717, 1.165) is 24.0 Å². The van der Waals surface area contributed by atoms with Crippen LogP contribution in [-0.4, -0.2) is 9.55 Å². The van der Waals surface area contributed by atoms with Crippen molar-refractivity contribution in [3.8, 4) is 11.1 Å². The zero-order chi connectivity index (χ0) is 14.8. The van der Waals surface area contributed by atoms with Crippen LogP contribution in [0, 0.1) is 5.95 Å². The van der Waals surface area contributed by atoms with E-state index >= 15 is 0 Å². The van der Waals surface area contributed by atoms with E-state index < -0.39 is 5.95 Å². The molecule has 4 heterocycles. The first-order chi connectivity index (χ1) is 10.7. The molecule has 5 rings (SSSR count). The SMILES string of the molecule is Cn1ccc2c(-c3ccc(F)nc3)cc3c(c21)C1CCC3O1. The van der Waals surface area contributed by atoms with Crippen molar-refractivity contribution in [3.63, 3.8) is 0 Å². The summed E-state index contributed by atoms with van der Waals surface area (Å²) in [4.78, 5) is 3.81. The van der Waals surface area contributed by atoms with Crippen molar-refractivity contribution < 1.29 is 9.13 Å². The van der Waals surface area contributed by atoms with Crippen LogP contribution < -0.4 is 0 Å². The van der Waals surface area contributed by atoms with Crippen LogP contribution in [0.2, 0.25) is 0 Å². The molecule has 2 aromatic heterocycles. The van der Waals surface area contributed by atoms with Gasteiger partial charge in [-0.25, -0.2) is 4.98 Å². The van der Waals surface area contributed by atoms with E-state index in [0.29, 0.717) is 0 Å². The topological polar surface area (TPSA) is 27.1 Å². The fraction of sp³-hybridized carbons (Fsp3) is 0.278. The number of ether oxygens (including phenoxy) is 1. The third-order valence-corrected chi connectivity index (χ3v) is 4.96. The molecule has 1 fully saturated rings. The quantitative estimate of drug-likeness (QED) is 0.626. The molecule has 0 spiro atoms. The largest absolute Gasteiger partial charge is 0.366 e. The Bertz CT molecular complexity index is 898. The van der Waals surface area contributed by atoms with Gasteiger partial charge in [-0.2, -0.15) is 4.39 Å². The number of pyridine rings is 1. The van der Waals surface area contributed by atoms with E-state index in [-0.39, 0.29) is 12.2 Å². The molecule has 0 radical (unpaired) electrons. The molecular weight excluding hydrogens is 279 g/mol. The van der Waals surface area contributed by atoms with Crippen LogP contribution >= 0.6 is 0 Å². The lowest BCUT2D eigenvalue weighted by molar-refractivity contribution is 0.0720. The molecule has 2 aliphatic heterocycles. The summed E-state index contributed by atoms with van der Waals surface area (Å²) in [6, 6.07) is 7.56. The summed E-state index contributed by atoms with van der Waals surface area (Å²) < 4.78 is 21.4. The smallest absolute Gasteiger partial charge is 0.212 e. The van der Waals surface area contributed by atoms with Gasteiger partial charge in [-0.3, -0.25) is 0 Å². The van der Waals surface area contributed by atoms with E-state index in [1.165, 1.54) is 28.1 Å². The first-order valence-corrected chi connectivity index (χ1v) is 7.61. The standard InChI is InChI=1S/C18H15FN2O/c1-21-7-6-11-12(10-2-5-16(19)20-9-10)8-13-14-3-4-15(22-14)17(13)18(11)21/h2,5-9,14-15H,3-4H2,1H3. The minimum Gasteiger partial charge on any atom is -0.366 e. The number of hydrogen-bond donors (Lipinski definition) is 0. The maximum atomic E-state index is 13.1. The Morgan fingerprint density at radius 1 is 1.23 bits per heavy atom. The van der Waals surface area contributed by atoms with Gasteiger partial charge in [0.15, 0.2) is 0 Å². The van der Waals surface area contributed by atoms with Crippen molar-refractivity contribution in [1.29, 1.82) is 0 Å². The number of rotatable bonds is 1. The molecule has 0 aliphatic carbocycles. The number of aromatic nitrogens is 2. The number of aryl methyl sites for hydroxylation is 1. The molecule has 3 nitrogen and oxygen atoms in total. The second-order valence-electron chi connectivity index (χ2n) is 6.18. The second-order valence-corrected chi connectivity index (χ2v) is 6.18. The molecule has 2 atom stereocenters. The number of benzene rings is 1. The highest BCUT2D eigenvalue weighted by atomic mass is 19.1. The Balaban J connectivity index is 1.85. The molecule has 1 aromatic carbocycles. The van der Waals surface area contributed by atoms with Gasteiger partial charge in [0, 0.05) is 36.0 Å². The zero-order valence-electron chi connectivity index (χ0n) is 12.2. The molecule has 22 heavy (non-hydrogen) atoms. The van der Waals surface area contributed by atoms with Crippen molar-refractivity contribution in [2.45, 2.75) is 25.0 Å². The zero-order valence-corrected chi connectivity index (χ0v) is 12.2. The summed E-state index contributed by atoms with van der Waals surface area (Å²) in [6.07, 6.45) is 6.34. The average Bonchev–Trinajstić information content (AvgIpc) is 3.22. The second kappa shape index (κ2) is 4.17. The first-order valence-electron chi connectivity index (χ1n) is 7.61. The van der Waals surface area contributed by atoms with Crippen molar-refractivity contribution in [2.24, 2.45) is 7.05 Å². The van der Waals surface area contributed by atoms with Crippen LogP contribution in [0.4, 0.5) is 4.39 Å². The van der Waals surface area contributed by atoms with Crippen molar-refractivity contribution >= 4 is 10.9 Å². The highest BCUT2D eigenvalue weighted by Crippen LogP contribution is 2.54. The summed E-state index contributed by atoms with van der Waals surface area (Å²) in [5.74, 6) is -0.448. The van der Waals surface area contributed by atoms with E-state index in [2.05, 4.69) is 34.9 Å². The molecule has 2 aliphatic rings. The van der Waals surface area contributed by atoms with Gasteiger partial charge in [0.2, 0.25) is 5.95 Å². The van der Waals surface area contributed by atoms with Crippen molar-refractivity contribution in [2.75, 3.05) is 0 Å². The lowest BCUT2D eigenvalue weighted by Gasteiger charge is -2.17. The number of hydrogen-bond acceptors (Lipinski definition) is 2. The van der Waals surface area contributed by atoms with Gasteiger partial charge in [0.05, 0.1) is 17.7 Å². The highest BCUT2D eigenvalue weighted by molar-refractivity contribution is 5.98. The molecule has 110 valence electrons.